The summed E-state index contributed by atoms with van der Waals surface area (Å²) < 4.78 is 0. The van der Waals surface area contributed by atoms with Crippen molar-refractivity contribution in [2.75, 3.05) is 13.6 Å². The second-order valence-electron chi connectivity index (χ2n) is 4.73. The van der Waals surface area contributed by atoms with Crippen molar-refractivity contribution >= 4 is 5.91 Å². The Balaban J connectivity index is 3.17. The standard InChI is InChI=1S/C16H22N2O/c1-5-13(3)18(4)16(19)15-11-12(2)8-9-14(15)7-6-10-17/h8-9,11,13H,5,10,17H2,1-4H3. The minimum Gasteiger partial charge on any atom is -0.339 e. The van der Waals surface area contributed by atoms with E-state index in [1.165, 1.54) is 0 Å². The molecule has 0 fully saturated rings. The molecule has 0 spiro atoms. The van der Waals surface area contributed by atoms with Crippen LogP contribution in [0.4, 0.5) is 0 Å². The van der Waals surface area contributed by atoms with Gasteiger partial charge in [-0.15, -0.1) is 0 Å². The summed E-state index contributed by atoms with van der Waals surface area (Å²) in [6.07, 6.45) is 0.928. The Hall–Kier alpha value is -1.79. The van der Waals surface area contributed by atoms with Crippen molar-refractivity contribution in [3.8, 4) is 11.8 Å². The van der Waals surface area contributed by atoms with Crippen molar-refractivity contribution in [1.29, 1.82) is 0 Å². The first-order chi connectivity index (χ1) is 9.01. The zero-order valence-electron chi connectivity index (χ0n) is 12.2. The highest BCUT2D eigenvalue weighted by molar-refractivity contribution is 5.97. The zero-order chi connectivity index (χ0) is 14.4. The first kappa shape index (κ1) is 15.3. The van der Waals surface area contributed by atoms with Gasteiger partial charge in [0.1, 0.15) is 0 Å². The van der Waals surface area contributed by atoms with Gasteiger partial charge in [0.15, 0.2) is 0 Å². The highest BCUT2D eigenvalue weighted by Gasteiger charge is 2.18. The number of hydrogen-bond acceptors (Lipinski definition) is 2. The summed E-state index contributed by atoms with van der Waals surface area (Å²) in [5.74, 6) is 5.79. The molecule has 0 heterocycles. The van der Waals surface area contributed by atoms with Crippen LogP contribution in [0.3, 0.4) is 0 Å². The molecule has 0 radical (unpaired) electrons. The van der Waals surface area contributed by atoms with E-state index in [0.29, 0.717) is 12.1 Å². The van der Waals surface area contributed by atoms with Gasteiger partial charge in [-0.2, -0.15) is 0 Å². The normalized spacial score (nSPS) is 11.4. The Morgan fingerprint density at radius 1 is 1.47 bits per heavy atom. The van der Waals surface area contributed by atoms with Crippen molar-refractivity contribution in [3.63, 3.8) is 0 Å². The second-order valence-corrected chi connectivity index (χ2v) is 4.73. The minimum atomic E-state index is 0.0133. The maximum absolute atomic E-state index is 12.5. The molecule has 2 N–H and O–H groups in total. The molecule has 0 aliphatic carbocycles. The lowest BCUT2D eigenvalue weighted by Crippen LogP contribution is -2.35. The van der Waals surface area contributed by atoms with Crippen LogP contribution in [0, 0.1) is 18.8 Å². The number of nitrogens with two attached hydrogens (primary N) is 1. The Kier molecular flexibility index (Phi) is 5.59. The van der Waals surface area contributed by atoms with Gasteiger partial charge in [-0.3, -0.25) is 4.79 Å². The van der Waals surface area contributed by atoms with Crippen LogP contribution < -0.4 is 5.73 Å². The second kappa shape index (κ2) is 6.96. The van der Waals surface area contributed by atoms with Crippen LogP contribution in [-0.4, -0.2) is 30.4 Å². The maximum Gasteiger partial charge on any atom is 0.255 e. The summed E-state index contributed by atoms with van der Waals surface area (Å²) in [5.41, 5.74) is 7.85. The summed E-state index contributed by atoms with van der Waals surface area (Å²) in [5, 5.41) is 0. The molecule has 102 valence electrons. The average Bonchev–Trinajstić information content (AvgIpc) is 2.43. The van der Waals surface area contributed by atoms with Gasteiger partial charge in [0, 0.05) is 18.7 Å². The van der Waals surface area contributed by atoms with E-state index in [1.54, 1.807) is 4.90 Å². The molecule has 1 rings (SSSR count). The van der Waals surface area contributed by atoms with Gasteiger partial charge in [0.05, 0.1) is 12.1 Å². The van der Waals surface area contributed by atoms with Crippen molar-refractivity contribution in [1.82, 2.24) is 4.90 Å². The number of amides is 1. The first-order valence-electron chi connectivity index (χ1n) is 6.58. The Labute approximate surface area is 115 Å². The van der Waals surface area contributed by atoms with Gasteiger partial charge in [-0.25, -0.2) is 0 Å². The summed E-state index contributed by atoms with van der Waals surface area (Å²) in [6, 6.07) is 5.95. The molecule has 1 amide bonds. The van der Waals surface area contributed by atoms with Gasteiger partial charge in [-0.1, -0.05) is 30.4 Å². The largest absolute Gasteiger partial charge is 0.339 e. The maximum atomic E-state index is 12.5. The van der Waals surface area contributed by atoms with Crippen molar-refractivity contribution < 1.29 is 4.79 Å². The zero-order valence-corrected chi connectivity index (χ0v) is 12.2. The summed E-state index contributed by atoms with van der Waals surface area (Å²) in [7, 11) is 1.83. The monoisotopic (exact) mass is 258 g/mol. The van der Waals surface area contributed by atoms with Crippen LogP contribution in [-0.2, 0) is 0 Å². The molecule has 0 aromatic heterocycles. The van der Waals surface area contributed by atoms with Gasteiger partial charge in [0.2, 0.25) is 0 Å². The molecule has 0 bridgehead atoms. The lowest BCUT2D eigenvalue weighted by atomic mass is 10.0. The molecular weight excluding hydrogens is 236 g/mol. The van der Waals surface area contributed by atoms with Gasteiger partial charge >= 0.3 is 0 Å². The topological polar surface area (TPSA) is 46.3 Å². The Morgan fingerprint density at radius 2 is 2.16 bits per heavy atom. The van der Waals surface area contributed by atoms with Gasteiger partial charge in [0.25, 0.3) is 5.91 Å². The average molecular weight is 258 g/mol. The highest BCUT2D eigenvalue weighted by Crippen LogP contribution is 2.15. The van der Waals surface area contributed by atoms with Crippen LogP contribution in [0.5, 0.6) is 0 Å². The van der Waals surface area contributed by atoms with E-state index < -0.39 is 0 Å². The van der Waals surface area contributed by atoms with E-state index in [9.17, 15) is 4.79 Å². The van der Waals surface area contributed by atoms with Crippen LogP contribution in [0.1, 0.15) is 41.8 Å². The van der Waals surface area contributed by atoms with Crippen LogP contribution in [0.15, 0.2) is 18.2 Å². The SMILES string of the molecule is CCC(C)N(C)C(=O)c1cc(C)ccc1C#CCN. The molecule has 0 aliphatic heterocycles. The molecule has 3 heteroatoms. The number of benzene rings is 1. The molecule has 1 unspecified atom stereocenters. The number of carbonyl (C=O) groups is 1. The van der Waals surface area contributed by atoms with E-state index in [1.807, 2.05) is 39.1 Å². The molecule has 19 heavy (non-hydrogen) atoms. The van der Waals surface area contributed by atoms with Gasteiger partial charge < -0.3 is 10.6 Å². The fourth-order valence-corrected chi connectivity index (χ4v) is 1.75. The molecule has 0 aliphatic rings. The quantitative estimate of drug-likeness (QED) is 0.845. The molecule has 0 saturated carbocycles. The number of carbonyl (C=O) groups excluding carboxylic acids is 1. The molecule has 0 saturated heterocycles. The number of aryl methyl sites for hydroxylation is 1. The summed E-state index contributed by atoms with van der Waals surface area (Å²) in [6.45, 7) is 6.38. The van der Waals surface area contributed by atoms with E-state index in [2.05, 4.69) is 18.8 Å². The fraction of sp³-hybridized carbons (Fsp3) is 0.438. The van der Waals surface area contributed by atoms with Crippen molar-refractivity contribution in [2.45, 2.75) is 33.2 Å². The third-order valence-electron chi connectivity index (χ3n) is 3.30. The Morgan fingerprint density at radius 3 is 2.74 bits per heavy atom. The first-order valence-corrected chi connectivity index (χ1v) is 6.58. The molecule has 1 aromatic carbocycles. The van der Waals surface area contributed by atoms with Gasteiger partial charge in [-0.05, 0) is 32.4 Å². The van der Waals surface area contributed by atoms with Crippen molar-refractivity contribution in [2.24, 2.45) is 5.73 Å². The molecular formula is C16H22N2O. The third kappa shape index (κ3) is 3.84. The lowest BCUT2D eigenvalue weighted by Gasteiger charge is -2.24. The molecule has 1 atom stereocenters. The van der Waals surface area contributed by atoms with Crippen LogP contribution in [0.25, 0.3) is 0 Å². The predicted molar refractivity (Wildman–Crippen MR) is 79.0 cm³/mol. The van der Waals surface area contributed by atoms with E-state index in [0.717, 1.165) is 17.5 Å². The number of hydrogen-bond donors (Lipinski definition) is 1. The van der Waals surface area contributed by atoms with E-state index >= 15 is 0 Å². The predicted octanol–water partition coefficient (Wildman–Crippen LogP) is 2.18. The summed E-state index contributed by atoms with van der Waals surface area (Å²) >= 11 is 0. The fourth-order valence-electron chi connectivity index (χ4n) is 1.75. The number of rotatable bonds is 3. The third-order valence-corrected chi connectivity index (χ3v) is 3.30. The van der Waals surface area contributed by atoms with E-state index in [-0.39, 0.29) is 11.9 Å². The van der Waals surface area contributed by atoms with Crippen molar-refractivity contribution in [3.05, 3.63) is 34.9 Å². The summed E-state index contributed by atoms with van der Waals surface area (Å²) in [4.78, 5) is 14.3. The Bertz CT molecular complexity index is 511. The highest BCUT2D eigenvalue weighted by atomic mass is 16.2. The molecule has 3 nitrogen and oxygen atoms in total. The lowest BCUT2D eigenvalue weighted by molar-refractivity contribution is 0.0740. The minimum absolute atomic E-state index is 0.0133. The van der Waals surface area contributed by atoms with Crippen LogP contribution >= 0.6 is 0 Å². The number of nitrogens with zero attached hydrogens (tertiary/aromatic N) is 1. The smallest absolute Gasteiger partial charge is 0.255 e. The molecule has 1 aromatic rings. The van der Waals surface area contributed by atoms with Crippen LogP contribution in [0.2, 0.25) is 0 Å². The van der Waals surface area contributed by atoms with E-state index in [4.69, 9.17) is 5.73 Å².